The summed E-state index contributed by atoms with van der Waals surface area (Å²) in [5, 5.41) is 78.5. The Balaban J connectivity index is 0.00000494. The Morgan fingerprint density at radius 1 is 0.500 bits per heavy atom. The molecule has 2 heterocycles. The minimum Gasteiger partial charge on any atom is -0.744 e. The number of hydrogen-bond donors (Lipinski definition) is 8. The molecule has 6 rings (SSSR count). The second-order valence-corrected chi connectivity index (χ2v) is 18.4. The number of aliphatic hydroxyl groups excluding tert-OH is 4. The third kappa shape index (κ3) is 21.6. The molecule has 384 valence electrons. The standard InChI is InChI=1S/C40H44N12O16S4.4Na/c53-19-15-51(16-20-54)39-48-36(42-28-9-13-32(14-10-28)71(59,60)61)45-37(49-39)43-29-5-3-25(33(23-29)70-68-66-58)1-2-26-4-6-30(24-34(26)72(62,63)64)44-38-46-35(47-40(50-38)52(17-21-55)18-22-56)41-27-7-11-31(12-8-27)69-67-65-57;;;;/h1-14,23-24,53-58H,15-22H2,(H,59,60,61)(H,62,63,64)(H2,41,44,46,47,50)(H2,42,43,45,48,49);;;;/q;4*+1/p-4/b2-1+;;;;. The Hall–Kier alpha value is -2.44. The van der Waals surface area contributed by atoms with Crippen molar-refractivity contribution in [2.45, 2.75) is 19.6 Å². The summed E-state index contributed by atoms with van der Waals surface area (Å²) in [4.78, 5) is 28.8. The first-order chi connectivity index (χ1) is 34.6. The van der Waals surface area contributed by atoms with Gasteiger partial charge in [0.15, 0.2) is 0 Å². The number of nitrogens with one attached hydrogen (secondary N) is 4. The Labute approximate surface area is 531 Å². The number of aromatic nitrogens is 6. The van der Waals surface area contributed by atoms with Crippen molar-refractivity contribution < 1.29 is 194 Å². The Morgan fingerprint density at radius 2 is 0.882 bits per heavy atom. The molecule has 2 aromatic heterocycles. The van der Waals surface area contributed by atoms with E-state index in [2.05, 4.69) is 69.9 Å². The van der Waals surface area contributed by atoms with Crippen LogP contribution in [0.2, 0.25) is 0 Å². The molecule has 36 heteroatoms. The molecule has 4 aromatic carbocycles. The molecular formula is C40H40N12Na4O16S4. The summed E-state index contributed by atoms with van der Waals surface area (Å²) in [5.74, 6) is -0.309. The van der Waals surface area contributed by atoms with E-state index in [0.29, 0.717) is 40.2 Å². The number of rotatable bonds is 28. The molecule has 28 nitrogen and oxygen atoms in total. The van der Waals surface area contributed by atoms with Crippen LogP contribution in [0.1, 0.15) is 11.1 Å². The minimum atomic E-state index is -5.16. The van der Waals surface area contributed by atoms with Gasteiger partial charge in [-0.25, -0.2) is 16.8 Å². The van der Waals surface area contributed by atoms with E-state index in [0.717, 1.165) is 18.2 Å². The number of nitrogens with zero attached hydrogens (tertiary/aromatic N) is 8. The van der Waals surface area contributed by atoms with Crippen LogP contribution < -0.4 is 160 Å². The molecule has 0 atom stereocenters. The van der Waals surface area contributed by atoms with E-state index in [4.69, 9.17) is 0 Å². The second kappa shape index (κ2) is 34.6. The van der Waals surface area contributed by atoms with Gasteiger partial charge in [0.05, 0.1) is 60.3 Å². The van der Waals surface area contributed by atoms with Gasteiger partial charge in [0, 0.05) is 58.7 Å². The second-order valence-electron chi connectivity index (χ2n) is 14.2. The van der Waals surface area contributed by atoms with Crippen LogP contribution in [0.15, 0.2) is 105 Å². The summed E-state index contributed by atoms with van der Waals surface area (Å²) in [6.07, 6.45) is 2.74. The van der Waals surface area contributed by atoms with Crippen molar-refractivity contribution in [2.75, 3.05) is 83.7 Å². The zero-order valence-corrected chi connectivity index (χ0v) is 52.1. The minimum absolute atomic E-state index is 0. The van der Waals surface area contributed by atoms with Crippen LogP contribution in [-0.4, -0.2) is 129 Å². The molecule has 0 amide bonds. The van der Waals surface area contributed by atoms with Crippen molar-refractivity contribution in [1.82, 2.24) is 29.9 Å². The van der Waals surface area contributed by atoms with Crippen molar-refractivity contribution in [1.29, 1.82) is 0 Å². The molecule has 0 saturated carbocycles. The van der Waals surface area contributed by atoms with Gasteiger partial charge in [-0.15, -0.1) is 0 Å². The molecule has 0 spiro atoms. The van der Waals surface area contributed by atoms with Crippen molar-refractivity contribution >= 4 is 115 Å². The summed E-state index contributed by atoms with van der Waals surface area (Å²) in [6.45, 7) is -1.26. The van der Waals surface area contributed by atoms with Crippen LogP contribution in [0.3, 0.4) is 0 Å². The predicted molar refractivity (Wildman–Crippen MR) is 252 cm³/mol. The van der Waals surface area contributed by atoms with Crippen LogP contribution in [0.4, 0.5) is 58.4 Å². The molecule has 6 aromatic rings. The predicted octanol–water partition coefficient (Wildman–Crippen LogP) is -10.9. The SMILES string of the molecule is O=S(=O)([O-])c1ccc(Nc2nc(Nc3ccc(/C=C/c4ccc(Nc5nc(Nc6ccc(SOO[O-])cc6)nc(N(CCO)CCO)n5)cc4S(=O)(=O)[O-])c(SOO[O-])c3)nc(N(CCO)CCO)n2)cc1.[Na+].[Na+].[Na+].[Na+]. The third-order valence-corrected chi connectivity index (χ3v) is 12.3. The molecule has 0 aliphatic carbocycles. The van der Waals surface area contributed by atoms with Gasteiger partial charge in [-0.1, -0.05) is 24.3 Å². The van der Waals surface area contributed by atoms with Gasteiger partial charge in [-0.05, 0) is 83.9 Å². The monoisotopic (exact) mass is 1160 g/mol. The Bertz CT molecular complexity index is 3020. The maximum Gasteiger partial charge on any atom is 1.00 e. The van der Waals surface area contributed by atoms with Crippen molar-refractivity contribution in [3.05, 3.63) is 96.1 Å². The van der Waals surface area contributed by atoms with Crippen LogP contribution in [-0.2, 0) is 39.0 Å². The normalized spacial score (nSPS) is 11.1. The topological polar surface area (TPSA) is 410 Å². The molecular weight excluding hydrogens is 1120 g/mol. The number of benzene rings is 4. The van der Waals surface area contributed by atoms with Crippen molar-refractivity contribution in [3.8, 4) is 0 Å². The van der Waals surface area contributed by atoms with Crippen molar-refractivity contribution in [2.24, 2.45) is 0 Å². The number of aliphatic hydroxyl groups is 4. The first-order valence-electron chi connectivity index (χ1n) is 20.5. The van der Waals surface area contributed by atoms with E-state index in [-0.39, 0.29) is 234 Å². The fourth-order valence-electron chi connectivity index (χ4n) is 6.23. The molecule has 0 aliphatic heterocycles. The first-order valence-corrected chi connectivity index (χ1v) is 24.8. The van der Waals surface area contributed by atoms with E-state index in [1.54, 1.807) is 30.3 Å². The third-order valence-electron chi connectivity index (χ3n) is 9.36. The molecule has 0 fully saturated rings. The van der Waals surface area contributed by atoms with Gasteiger partial charge in [0.1, 0.15) is 20.2 Å². The van der Waals surface area contributed by atoms with Crippen LogP contribution in [0, 0.1) is 0 Å². The average Bonchev–Trinajstić information content (AvgIpc) is 3.35. The molecule has 0 radical (unpaired) electrons. The molecule has 0 bridgehead atoms. The van der Waals surface area contributed by atoms with Gasteiger partial charge in [-0.3, -0.25) is 10.1 Å². The zero-order valence-electron chi connectivity index (χ0n) is 40.8. The molecule has 0 unspecified atom stereocenters. The van der Waals surface area contributed by atoms with Crippen LogP contribution in [0.25, 0.3) is 12.2 Å². The van der Waals surface area contributed by atoms with Crippen molar-refractivity contribution in [3.63, 3.8) is 0 Å². The fourth-order valence-corrected chi connectivity index (χ4v) is 8.26. The van der Waals surface area contributed by atoms with Crippen LogP contribution >= 0.6 is 24.1 Å². The zero-order chi connectivity index (χ0) is 51.7. The van der Waals surface area contributed by atoms with Crippen LogP contribution in [0.5, 0.6) is 0 Å². The van der Waals surface area contributed by atoms with Gasteiger partial charge in [0.25, 0.3) is 0 Å². The Kier molecular flexibility index (Phi) is 31.8. The quantitative estimate of drug-likeness (QED) is 0.00565. The molecule has 0 aliphatic rings. The van der Waals surface area contributed by atoms with E-state index in [1.807, 2.05) is 0 Å². The first kappa shape index (κ1) is 69.7. The maximum atomic E-state index is 12.7. The summed E-state index contributed by atoms with van der Waals surface area (Å²) in [6, 6.07) is 19.6. The Morgan fingerprint density at radius 3 is 1.30 bits per heavy atom. The number of hydrogen-bond acceptors (Lipinski definition) is 30. The maximum absolute atomic E-state index is 12.7. The molecule has 76 heavy (non-hydrogen) atoms. The van der Waals surface area contributed by atoms with E-state index in [9.17, 15) is 56.9 Å². The smallest absolute Gasteiger partial charge is 0.744 e. The summed E-state index contributed by atoms with van der Waals surface area (Å²) in [5.41, 5.74) is 1.37. The average molecular weight is 1170 g/mol. The summed E-state index contributed by atoms with van der Waals surface area (Å²) < 4.78 is 81.4. The van der Waals surface area contributed by atoms with E-state index in [1.165, 1.54) is 58.4 Å². The summed E-state index contributed by atoms with van der Waals surface area (Å²) >= 11 is 1.15. The van der Waals surface area contributed by atoms with Gasteiger partial charge < -0.3 is 71.1 Å². The van der Waals surface area contributed by atoms with E-state index < -0.39 is 30.0 Å². The van der Waals surface area contributed by atoms with E-state index >= 15 is 0 Å². The molecule has 8 N–H and O–H groups in total. The summed E-state index contributed by atoms with van der Waals surface area (Å²) in [7, 11) is -9.88. The number of anilines is 10. The van der Waals surface area contributed by atoms with Gasteiger partial charge in [-0.2, -0.15) is 38.6 Å². The van der Waals surface area contributed by atoms with Gasteiger partial charge >= 0.3 is 118 Å². The fraction of sp³-hybridized carbons (Fsp3) is 0.200. The van der Waals surface area contributed by atoms with Gasteiger partial charge in [0.2, 0.25) is 35.7 Å². The largest absolute Gasteiger partial charge is 1.00 e. The molecule has 0 saturated heterocycles.